The third-order valence-electron chi connectivity index (χ3n) is 2.76. The second-order valence-electron chi connectivity index (χ2n) is 4.16. The molecule has 0 fully saturated rings. The Labute approximate surface area is 101 Å². The molecule has 0 aliphatic heterocycles. The van der Waals surface area contributed by atoms with Crippen molar-refractivity contribution in [1.29, 1.82) is 0 Å². The highest BCUT2D eigenvalue weighted by molar-refractivity contribution is 6.30. The summed E-state index contributed by atoms with van der Waals surface area (Å²) >= 11 is 5.70. The second-order valence-corrected chi connectivity index (χ2v) is 4.59. The minimum Gasteiger partial charge on any atom is -0.385 e. The average Bonchev–Trinajstić information content (AvgIpc) is 2.17. The molecule has 1 N–H and O–H groups in total. The highest BCUT2D eigenvalue weighted by atomic mass is 35.5. The Morgan fingerprint density at radius 2 is 1.81 bits per heavy atom. The van der Waals surface area contributed by atoms with E-state index in [0.717, 1.165) is 12.8 Å². The number of rotatable bonds is 5. The van der Waals surface area contributed by atoms with Gasteiger partial charge in [-0.2, -0.15) is 0 Å². The molecule has 0 bridgehead atoms. The van der Waals surface area contributed by atoms with E-state index in [1.165, 1.54) is 6.07 Å². The fraction of sp³-hybridized carbons (Fsp3) is 0.538. The number of halogens is 2. The minimum atomic E-state index is -1.06. The van der Waals surface area contributed by atoms with Crippen molar-refractivity contribution in [3.05, 3.63) is 34.6 Å². The molecule has 0 saturated carbocycles. The molecule has 0 heterocycles. The molecule has 0 aromatic heterocycles. The average molecular weight is 245 g/mol. The molecule has 0 aliphatic rings. The molecule has 1 nitrogen and oxygen atoms in total. The first-order chi connectivity index (χ1) is 7.53. The second kappa shape index (κ2) is 5.65. The van der Waals surface area contributed by atoms with Crippen LogP contribution in [0.15, 0.2) is 18.2 Å². The Morgan fingerprint density at radius 1 is 1.25 bits per heavy atom. The van der Waals surface area contributed by atoms with Gasteiger partial charge < -0.3 is 5.11 Å². The van der Waals surface area contributed by atoms with Gasteiger partial charge in [-0.15, -0.1) is 0 Å². The van der Waals surface area contributed by atoms with E-state index in [0.29, 0.717) is 23.4 Å². The molecule has 16 heavy (non-hydrogen) atoms. The van der Waals surface area contributed by atoms with E-state index in [4.69, 9.17) is 11.6 Å². The van der Waals surface area contributed by atoms with E-state index in [2.05, 4.69) is 0 Å². The molecule has 0 amide bonds. The zero-order valence-electron chi connectivity index (χ0n) is 9.76. The Bertz CT molecular complexity index is 346. The zero-order chi connectivity index (χ0) is 12.2. The van der Waals surface area contributed by atoms with Crippen LogP contribution in [0.5, 0.6) is 0 Å². The summed E-state index contributed by atoms with van der Waals surface area (Å²) in [5.41, 5.74) is -0.696. The maximum atomic E-state index is 13.7. The molecule has 0 aliphatic carbocycles. The SMILES string of the molecule is CCCC(O)(CCC)c1ccc(Cl)cc1F. The van der Waals surface area contributed by atoms with E-state index < -0.39 is 11.4 Å². The molecule has 90 valence electrons. The van der Waals surface area contributed by atoms with E-state index in [1.807, 2.05) is 13.8 Å². The maximum Gasteiger partial charge on any atom is 0.130 e. The summed E-state index contributed by atoms with van der Waals surface area (Å²) in [6.07, 6.45) is 2.77. The summed E-state index contributed by atoms with van der Waals surface area (Å²) in [6.45, 7) is 3.96. The first-order valence-corrected chi connectivity index (χ1v) is 6.09. The Hall–Kier alpha value is -0.600. The van der Waals surface area contributed by atoms with Gasteiger partial charge in [0.05, 0.1) is 5.60 Å². The van der Waals surface area contributed by atoms with Crippen LogP contribution in [0.4, 0.5) is 4.39 Å². The third-order valence-corrected chi connectivity index (χ3v) is 2.99. The van der Waals surface area contributed by atoms with Gasteiger partial charge in [-0.25, -0.2) is 4.39 Å². The van der Waals surface area contributed by atoms with Crippen molar-refractivity contribution in [1.82, 2.24) is 0 Å². The normalized spacial score (nSPS) is 11.8. The van der Waals surface area contributed by atoms with Crippen molar-refractivity contribution in [3.8, 4) is 0 Å². The standard InChI is InChI=1S/C13H18ClFO/c1-3-7-13(16,8-4-2)11-6-5-10(14)9-12(11)15/h5-6,9,16H,3-4,7-8H2,1-2H3. The van der Waals surface area contributed by atoms with Crippen LogP contribution in [0, 0.1) is 5.82 Å². The Kier molecular flexibility index (Phi) is 4.75. The van der Waals surface area contributed by atoms with Gasteiger partial charge in [0.1, 0.15) is 5.82 Å². The van der Waals surface area contributed by atoms with Gasteiger partial charge in [-0.1, -0.05) is 44.4 Å². The quantitative estimate of drug-likeness (QED) is 0.820. The van der Waals surface area contributed by atoms with Gasteiger partial charge in [0.25, 0.3) is 0 Å². The largest absolute Gasteiger partial charge is 0.385 e. The van der Waals surface area contributed by atoms with Crippen LogP contribution in [-0.2, 0) is 5.60 Å². The molecule has 3 heteroatoms. The van der Waals surface area contributed by atoms with E-state index in [-0.39, 0.29) is 0 Å². The summed E-state index contributed by atoms with van der Waals surface area (Å²) in [6, 6.07) is 4.46. The van der Waals surface area contributed by atoms with Crippen LogP contribution < -0.4 is 0 Å². The first-order valence-electron chi connectivity index (χ1n) is 5.71. The van der Waals surface area contributed by atoms with Gasteiger partial charge in [0.2, 0.25) is 0 Å². The molecule has 0 unspecified atom stereocenters. The lowest BCUT2D eigenvalue weighted by molar-refractivity contribution is 0.0136. The van der Waals surface area contributed by atoms with Crippen molar-refractivity contribution in [2.75, 3.05) is 0 Å². The fourth-order valence-electron chi connectivity index (χ4n) is 2.09. The number of hydrogen-bond donors (Lipinski definition) is 1. The molecular weight excluding hydrogens is 227 g/mol. The number of hydrogen-bond acceptors (Lipinski definition) is 1. The lowest BCUT2D eigenvalue weighted by Crippen LogP contribution is -2.26. The Balaban J connectivity index is 3.10. The summed E-state index contributed by atoms with van der Waals surface area (Å²) in [5.74, 6) is -0.420. The highest BCUT2D eigenvalue weighted by Crippen LogP contribution is 2.34. The summed E-state index contributed by atoms with van der Waals surface area (Å²) in [7, 11) is 0. The molecule has 0 spiro atoms. The topological polar surface area (TPSA) is 20.2 Å². The summed E-state index contributed by atoms with van der Waals surface area (Å²) < 4.78 is 13.7. The third kappa shape index (κ3) is 2.96. The first kappa shape index (κ1) is 13.5. The molecule has 0 radical (unpaired) electrons. The molecule has 0 atom stereocenters. The molecule has 1 aromatic rings. The zero-order valence-corrected chi connectivity index (χ0v) is 10.5. The van der Waals surface area contributed by atoms with Crippen molar-refractivity contribution in [2.45, 2.75) is 45.1 Å². The van der Waals surface area contributed by atoms with Crippen LogP contribution in [0.1, 0.15) is 45.1 Å². The van der Waals surface area contributed by atoms with E-state index in [1.54, 1.807) is 12.1 Å². The van der Waals surface area contributed by atoms with Gasteiger partial charge >= 0.3 is 0 Å². The highest BCUT2D eigenvalue weighted by Gasteiger charge is 2.30. The predicted molar refractivity (Wildman–Crippen MR) is 65.1 cm³/mol. The fourth-order valence-corrected chi connectivity index (χ4v) is 2.25. The van der Waals surface area contributed by atoms with Crippen LogP contribution in [0.25, 0.3) is 0 Å². The monoisotopic (exact) mass is 244 g/mol. The van der Waals surface area contributed by atoms with Crippen molar-refractivity contribution in [2.24, 2.45) is 0 Å². The number of benzene rings is 1. The van der Waals surface area contributed by atoms with Crippen LogP contribution in [-0.4, -0.2) is 5.11 Å². The lowest BCUT2D eigenvalue weighted by Gasteiger charge is -2.28. The maximum absolute atomic E-state index is 13.7. The summed E-state index contributed by atoms with van der Waals surface area (Å²) in [5, 5.41) is 10.8. The smallest absolute Gasteiger partial charge is 0.130 e. The molecule has 0 saturated heterocycles. The van der Waals surface area contributed by atoms with Crippen molar-refractivity contribution < 1.29 is 9.50 Å². The van der Waals surface area contributed by atoms with Crippen LogP contribution in [0.2, 0.25) is 5.02 Å². The molecule has 1 aromatic carbocycles. The number of aliphatic hydroxyl groups is 1. The van der Waals surface area contributed by atoms with Gasteiger partial charge in [0.15, 0.2) is 0 Å². The van der Waals surface area contributed by atoms with Crippen LogP contribution >= 0.6 is 11.6 Å². The van der Waals surface area contributed by atoms with Gasteiger partial charge in [0, 0.05) is 10.6 Å². The molecular formula is C13H18ClFO. The summed E-state index contributed by atoms with van der Waals surface area (Å²) in [4.78, 5) is 0. The lowest BCUT2D eigenvalue weighted by atomic mass is 9.85. The van der Waals surface area contributed by atoms with E-state index in [9.17, 15) is 9.50 Å². The van der Waals surface area contributed by atoms with Crippen molar-refractivity contribution in [3.63, 3.8) is 0 Å². The van der Waals surface area contributed by atoms with Gasteiger partial charge in [-0.05, 0) is 25.0 Å². The van der Waals surface area contributed by atoms with E-state index >= 15 is 0 Å². The van der Waals surface area contributed by atoms with Crippen molar-refractivity contribution >= 4 is 11.6 Å². The predicted octanol–water partition coefficient (Wildman–Crippen LogP) is 4.27. The van der Waals surface area contributed by atoms with Crippen LogP contribution in [0.3, 0.4) is 0 Å². The van der Waals surface area contributed by atoms with Gasteiger partial charge in [-0.3, -0.25) is 0 Å². The Morgan fingerprint density at radius 3 is 2.25 bits per heavy atom. The minimum absolute atomic E-state index is 0.358. The molecule has 1 rings (SSSR count).